The van der Waals surface area contributed by atoms with E-state index in [4.69, 9.17) is 4.74 Å². The van der Waals surface area contributed by atoms with Crippen molar-refractivity contribution in [3.05, 3.63) is 71.9 Å². The molecule has 2 heterocycles. The molecule has 0 radical (unpaired) electrons. The Hall–Kier alpha value is -2.62. The topological polar surface area (TPSA) is 76.4 Å². The van der Waals surface area contributed by atoms with Gasteiger partial charge in [0.05, 0.1) is 6.61 Å². The molecule has 0 aliphatic carbocycles. The van der Waals surface area contributed by atoms with Gasteiger partial charge in [0.1, 0.15) is 17.9 Å². The zero-order valence-electron chi connectivity index (χ0n) is 17.6. The molecule has 3 rings (SSSR count). The average Bonchev–Trinajstić information content (AvgIpc) is 3.28. The normalized spacial score (nSPS) is 11.0. The number of benzene rings is 1. The Kier molecular flexibility index (Phi) is 9.59. The summed E-state index contributed by atoms with van der Waals surface area (Å²) in [6.45, 7) is 6.16. The van der Waals surface area contributed by atoms with E-state index in [0.717, 1.165) is 35.1 Å². The summed E-state index contributed by atoms with van der Waals surface area (Å²) in [6.07, 6.45) is 8.18. The molecule has 0 spiro atoms. The smallest absolute Gasteiger partial charge is 0.191 e. The van der Waals surface area contributed by atoms with E-state index in [1.165, 1.54) is 5.56 Å². The van der Waals surface area contributed by atoms with Crippen molar-refractivity contribution in [2.24, 2.45) is 4.99 Å². The highest BCUT2D eigenvalue weighted by atomic mass is 127. The number of halogens is 1. The highest BCUT2D eigenvalue weighted by Gasteiger charge is 2.06. The number of nitrogens with one attached hydrogen (secondary N) is 2. The molecule has 3 aromatic rings. The van der Waals surface area contributed by atoms with E-state index < -0.39 is 0 Å². The van der Waals surface area contributed by atoms with Gasteiger partial charge in [0, 0.05) is 44.3 Å². The van der Waals surface area contributed by atoms with Gasteiger partial charge in [0.15, 0.2) is 5.96 Å². The van der Waals surface area contributed by atoms with Crippen LogP contribution in [0.25, 0.3) is 5.82 Å². The van der Waals surface area contributed by atoms with Crippen LogP contribution < -0.4 is 15.4 Å². The van der Waals surface area contributed by atoms with Gasteiger partial charge in [-0.25, -0.2) is 9.97 Å². The van der Waals surface area contributed by atoms with E-state index in [2.05, 4.69) is 57.6 Å². The number of hydrogen-bond acceptors (Lipinski definition) is 4. The lowest BCUT2D eigenvalue weighted by molar-refractivity contribution is 0.313. The number of pyridine rings is 1. The first-order valence-electron chi connectivity index (χ1n) is 9.79. The van der Waals surface area contributed by atoms with Crippen molar-refractivity contribution >= 4 is 29.9 Å². The van der Waals surface area contributed by atoms with E-state index in [9.17, 15) is 0 Å². The zero-order chi connectivity index (χ0) is 20.5. The minimum atomic E-state index is 0. The van der Waals surface area contributed by atoms with Gasteiger partial charge in [-0.1, -0.05) is 25.1 Å². The molecule has 7 nitrogen and oxygen atoms in total. The number of nitrogens with zero attached hydrogens (tertiary/aromatic N) is 4. The van der Waals surface area contributed by atoms with Crippen molar-refractivity contribution in [1.82, 2.24) is 25.2 Å². The monoisotopic (exact) mass is 520 g/mol. The van der Waals surface area contributed by atoms with Crippen LogP contribution in [0.1, 0.15) is 30.0 Å². The third kappa shape index (κ3) is 6.72. The molecule has 0 amide bonds. The fraction of sp³-hybridized carbons (Fsp3) is 0.318. The molecule has 1 aromatic carbocycles. The van der Waals surface area contributed by atoms with Crippen molar-refractivity contribution in [2.45, 2.75) is 33.4 Å². The van der Waals surface area contributed by atoms with Crippen molar-refractivity contribution < 1.29 is 4.74 Å². The molecule has 0 aliphatic rings. The Bertz CT molecular complexity index is 925. The predicted molar refractivity (Wildman–Crippen MR) is 131 cm³/mol. The lowest BCUT2D eigenvalue weighted by Crippen LogP contribution is -2.36. The minimum absolute atomic E-state index is 0. The third-order valence-electron chi connectivity index (χ3n) is 4.39. The number of aliphatic imine (C=N–C) groups is 1. The Balaban J connectivity index is 0.00000320. The number of rotatable bonds is 8. The summed E-state index contributed by atoms with van der Waals surface area (Å²) in [5.74, 6) is 2.49. The van der Waals surface area contributed by atoms with E-state index in [-0.39, 0.29) is 24.0 Å². The van der Waals surface area contributed by atoms with Crippen LogP contribution >= 0.6 is 24.0 Å². The highest BCUT2D eigenvalue weighted by Crippen LogP contribution is 2.20. The first kappa shape index (κ1) is 23.7. The third-order valence-corrected chi connectivity index (χ3v) is 4.39. The maximum atomic E-state index is 5.89. The zero-order valence-corrected chi connectivity index (χ0v) is 20.0. The van der Waals surface area contributed by atoms with Gasteiger partial charge in [0.2, 0.25) is 0 Å². The van der Waals surface area contributed by atoms with Gasteiger partial charge < -0.3 is 15.4 Å². The number of ether oxygens (including phenoxy) is 1. The Morgan fingerprint density at radius 1 is 1.17 bits per heavy atom. The second-order valence-corrected chi connectivity index (χ2v) is 6.73. The fourth-order valence-corrected chi connectivity index (χ4v) is 2.81. The van der Waals surface area contributed by atoms with Crippen LogP contribution in [0.2, 0.25) is 0 Å². The Labute approximate surface area is 195 Å². The van der Waals surface area contributed by atoms with Gasteiger partial charge >= 0.3 is 0 Å². The molecule has 0 saturated heterocycles. The number of aryl methyl sites for hydroxylation is 1. The molecule has 0 atom stereocenters. The highest BCUT2D eigenvalue weighted by molar-refractivity contribution is 14.0. The molecule has 30 heavy (non-hydrogen) atoms. The fourth-order valence-electron chi connectivity index (χ4n) is 2.81. The lowest BCUT2D eigenvalue weighted by atomic mass is 10.1. The summed E-state index contributed by atoms with van der Waals surface area (Å²) in [4.78, 5) is 12.8. The Morgan fingerprint density at radius 2 is 2.00 bits per heavy atom. The van der Waals surface area contributed by atoms with E-state index >= 15 is 0 Å². The molecule has 0 unspecified atom stereocenters. The summed E-state index contributed by atoms with van der Waals surface area (Å²) in [5.41, 5.74) is 3.37. The van der Waals surface area contributed by atoms with E-state index in [1.807, 2.05) is 29.1 Å². The first-order chi connectivity index (χ1) is 14.2. The second-order valence-electron chi connectivity index (χ2n) is 6.73. The van der Waals surface area contributed by atoms with Crippen molar-refractivity contribution in [3.63, 3.8) is 0 Å². The average molecular weight is 520 g/mol. The van der Waals surface area contributed by atoms with E-state index in [1.54, 1.807) is 19.6 Å². The Morgan fingerprint density at radius 3 is 2.67 bits per heavy atom. The van der Waals surface area contributed by atoms with Crippen LogP contribution in [0.5, 0.6) is 5.75 Å². The number of imidazole rings is 1. The number of hydrogen-bond donors (Lipinski definition) is 2. The molecule has 0 aliphatic heterocycles. The van der Waals surface area contributed by atoms with Crippen molar-refractivity contribution in [3.8, 4) is 11.6 Å². The number of aromatic nitrogens is 3. The molecule has 2 N–H and O–H groups in total. The molecule has 0 fully saturated rings. The first-order valence-corrected chi connectivity index (χ1v) is 9.79. The van der Waals surface area contributed by atoms with Gasteiger partial charge in [0.25, 0.3) is 0 Å². The second kappa shape index (κ2) is 12.2. The molecule has 2 aromatic heterocycles. The maximum absolute atomic E-state index is 5.89. The van der Waals surface area contributed by atoms with Crippen LogP contribution in [0.15, 0.2) is 60.2 Å². The summed E-state index contributed by atoms with van der Waals surface area (Å²) in [6, 6.07) is 10.3. The summed E-state index contributed by atoms with van der Waals surface area (Å²) in [7, 11) is 1.76. The minimum Gasteiger partial charge on any atom is -0.493 e. The van der Waals surface area contributed by atoms with Crippen LogP contribution in [-0.4, -0.2) is 34.1 Å². The summed E-state index contributed by atoms with van der Waals surface area (Å²) >= 11 is 0. The predicted octanol–water partition coefficient (Wildman–Crippen LogP) is 3.85. The van der Waals surface area contributed by atoms with Crippen molar-refractivity contribution in [2.75, 3.05) is 13.7 Å². The quantitative estimate of drug-likeness (QED) is 0.268. The van der Waals surface area contributed by atoms with Crippen LogP contribution in [0.3, 0.4) is 0 Å². The van der Waals surface area contributed by atoms with Crippen LogP contribution in [0, 0.1) is 6.92 Å². The van der Waals surface area contributed by atoms with E-state index in [0.29, 0.717) is 19.7 Å². The molecule has 160 valence electrons. The van der Waals surface area contributed by atoms with Crippen LogP contribution in [-0.2, 0) is 13.1 Å². The molecule has 8 heteroatoms. The van der Waals surface area contributed by atoms with Crippen LogP contribution in [0.4, 0.5) is 0 Å². The van der Waals surface area contributed by atoms with Gasteiger partial charge in [-0.3, -0.25) is 9.56 Å². The summed E-state index contributed by atoms with van der Waals surface area (Å²) in [5, 5.41) is 6.68. The molecular weight excluding hydrogens is 491 g/mol. The maximum Gasteiger partial charge on any atom is 0.191 e. The molecule has 0 bridgehead atoms. The van der Waals surface area contributed by atoms with Gasteiger partial charge in [-0.15, -0.1) is 24.0 Å². The molecular formula is C22H29IN6O. The van der Waals surface area contributed by atoms with Crippen molar-refractivity contribution in [1.29, 1.82) is 0 Å². The SMILES string of the molecule is CCCOc1cc(C)ccc1CNC(=NC)NCc1ccc(-n2ccnc2)nc1.I. The molecule has 0 saturated carbocycles. The standard InChI is InChI=1S/C22H28N6O.HI/c1-4-11-29-20-12-17(2)5-7-19(20)15-27-22(23-3)26-14-18-6-8-21(25-13-18)28-10-9-24-16-28;/h5-10,12-13,16H,4,11,14-15H2,1-3H3,(H2,23,26,27);1H. The van der Waals surface area contributed by atoms with Gasteiger partial charge in [-0.2, -0.15) is 0 Å². The van der Waals surface area contributed by atoms with Gasteiger partial charge in [-0.05, 0) is 36.6 Å². The number of guanidine groups is 1. The largest absolute Gasteiger partial charge is 0.493 e. The summed E-state index contributed by atoms with van der Waals surface area (Å²) < 4.78 is 7.76. The lowest BCUT2D eigenvalue weighted by Gasteiger charge is -2.15.